The molecule has 0 heterocycles. The zero-order chi connectivity index (χ0) is 11.3. The van der Waals surface area contributed by atoms with Gasteiger partial charge in [0.25, 0.3) is 0 Å². The lowest BCUT2D eigenvalue weighted by Crippen LogP contribution is -2.33. The van der Waals surface area contributed by atoms with Gasteiger partial charge in [-0.05, 0) is 18.6 Å². The Morgan fingerprint density at radius 2 is 2.00 bits per heavy atom. The third-order valence-electron chi connectivity index (χ3n) is 2.00. The summed E-state index contributed by atoms with van der Waals surface area (Å²) < 4.78 is 42.3. The van der Waals surface area contributed by atoms with Gasteiger partial charge in [-0.3, -0.25) is 0 Å². The largest absolute Gasteiger partial charge is 0.509 e. The lowest BCUT2D eigenvalue weighted by molar-refractivity contribution is 0.309. The van der Waals surface area contributed by atoms with Crippen LogP contribution in [0.1, 0.15) is 19.8 Å². The van der Waals surface area contributed by atoms with Crippen molar-refractivity contribution in [1.82, 2.24) is 0 Å². The predicted molar refractivity (Wildman–Crippen MR) is 55.6 cm³/mol. The van der Waals surface area contributed by atoms with Gasteiger partial charge in [-0.2, -0.15) is 0 Å². The molecule has 0 atom stereocenters. The monoisotopic (exact) mass is 217 g/mol. The van der Waals surface area contributed by atoms with Crippen molar-refractivity contribution in [3.05, 3.63) is 24.3 Å². The van der Waals surface area contributed by atoms with Crippen LogP contribution in [-0.2, 0) is 0 Å². The zero-order valence-electron chi connectivity index (χ0n) is 8.55. The molecule has 5 heteroatoms. The minimum absolute atomic E-state index is 0.292. The molecule has 0 fully saturated rings. The Morgan fingerprint density at radius 1 is 1.27 bits per heavy atom. The number of hydrogen-bond acceptors (Lipinski definition) is 1. The van der Waals surface area contributed by atoms with Crippen molar-refractivity contribution < 1.29 is 17.7 Å². The molecule has 15 heavy (non-hydrogen) atoms. The highest BCUT2D eigenvalue weighted by Gasteiger charge is 2.25. The Hall–Kier alpha value is -1.13. The molecule has 0 saturated carbocycles. The fourth-order valence-corrected chi connectivity index (χ4v) is 1.14. The molecular formula is C10H13BF3O-. The molecule has 0 unspecified atom stereocenters. The van der Waals surface area contributed by atoms with Crippen molar-refractivity contribution in [1.29, 1.82) is 0 Å². The second-order valence-electron chi connectivity index (χ2n) is 3.35. The van der Waals surface area contributed by atoms with Crippen LogP contribution in [0.15, 0.2) is 24.3 Å². The van der Waals surface area contributed by atoms with E-state index in [-0.39, 0.29) is 0 Å². The van der Waals surface area contributed by atoms with Crippen LogP contribution in [0, 0.1) is 0 Å². The first-order chi connectivity index (χ1) is 7.04. The van der Waals surface area contributed by atoms with Crippen molar-refractivity contribution >= 4 is 12.4 Å². The van der Waals surface area contributed by atoms with Crippen molar-refractivity contribution in [2.75, 3.05) is 6.61 Å². The van der Waals surface area contributed by atoms with Gasteiger partial charge in [0.1, 0.15) is 5.75 Å². The molecule has 1 aromatic carbocycles. The van der Waals surface area contributed by atoms with E-state index in [2.05, 4.69) is 0 Å². The number of rotatable bonds is 5. The second kappa shape index (κ2) is 5.10. The summed E-state index contributed by atoms with van der Waals surface area (Å²) >= 11 is 0. The summed E-state index contributed by atoms with van der Waals surface area (Å²) in [5.41, 5.74) is -0.607. The lowest BCUT2D eigenvalue weighted by Gasteiger charge is -2.15. The highest BCUT2D eigenvalue weighted by molar-refractivity contribution is 6.73. The fourth-order valence-electron chi connectivity index (χ4n) is 1.14. The zero-order valence-corrected chi connectivity index (χ0v) is 8.55. The van der Waals surface area contributed by atoms with Gasteiger partial charge in [0.15, 0.2) is 0 Å². The molecule has 1 aromatic rings. The van der Waals surface area contributed by atoms with E-state index in [4.69, 9.17) is 4.74 Å². The molecule has 1 rings (SSSR count). The maximum Gasteiger partial charge on any atom is 0.509 e. The van der Waals surface area contributed by atoms with E-state index < -0.39 is 12.4 Å². The van der Waals surface area contributed by atoms with Gasteiger partial charge in [0.2, 0.25) is 0 Å². The molecule has 84 valence electrons. The number of hydrogen-bond donors (Lipinski definition) is 0. The number of halogens is 3. The maximum atomic E-state index is 12.4. The van der Waals surface area contributed by atoms with E-state index in [9.17, 15) is 12.9 Å². The molecule has 0 aliphatic heterocycles. The first kappa shape index (κ1) is 11.9. The van der Waals surface area contributed by atoms with E-state index in [0.717, 1.165) is 25.0 Å². The van der Waals surface area contributed by atoms with Crippen LogP contribution in [0.2, 0.25) is 0 Å². The molecule has 0 N–H and O–H groups in total. The Morgan fingerprint density at radius 3 is 2.60 bits per heavy atom. The summed E-state index contributed by atoms with van der Waals surface area (Å²) in [4.78, 5) is 0. The third kappa shape index (κ3) is 3.85. The van der Waals surface area contributed by atoms with Crippen LogP contribution in [0.3, 0.4) is 0 Å². The lowest BCUT2D eigenvalue weighted by atomic mass is 9.80. The van der Waals surface area contributed by atoms with Gasteiger partial charge in [0.05, 0.1) is 6.61 Å². The minimum Gasteiger partial charge on any atom is -0.494 e. The topological polar surface area (TPSA) is 9.23 Å². The van der Waals surface area contributed by atoms with Crippen molar-refractivity contribution in [3.63, 3.8) is 0 Å². The average Bonchev–Trinajstić information content (AvgIpc) is 2.17. The van der Waals surface area contributed by atoms with Crippen LogP contribution >= 0.6 is 0 Å². The number of benzene rings is 1. The van der Waals surface area contributed by atoms with Crippen LogP contribution in [-0.4, -0.2) is 13.6 Å². The minimum atomic E-state index is -4.93. The van der Waals surface area contributed by atoms with E-state index in [1.807, 2.05) is 6.92 Å². The summed E-state index contributed by atoms with van der Waals surface area (Å²) in [5, 5.41) is 0. The van der Waals surface area contributed by atoms with E-state index >= 15 is 0 Å². The van der Waals surface area contributed by atoms with Gasteiger partial charge in [-0.15, -0.1) is 5.46 Å². The maximum absolute atomic E-state index is 12.4. The molecule has 1 nitrogen and oxygen atoms in total. The summed E-state index contributed by atoms with van der Waals surface area (Å²) in [6.07, 6.45) is 1.81. The van der Waals surface area contributed by atoms with E-state index in [1.165, 1.54) is 6.07 Å². The summed E-state index contributed by atoms with van der Waals surface area (Å²) in [7, 11) is 0. The van der Waals surface area contributed by atoms with Crippen LogP contribution in [0.4, 0.5) is 12.9 Å². The van der Waals surface area contributed by atoms with Gasteiger partial charge in [-0.1, -0.05) is 25.5 Å². The van der Waals surface area contributed by atoms with Gasteiger partial charge < -0.3 is 17.7 Å². The molecule has 0 aliphatic rings. The standard InChI is InChI=1S/C10H13BF3O/c1-2-3-7-15-10-6-4-5-9(8-10)11(12,13)14/h4-6,8H,2-3,7H2,1H3/q-1. The molecule has 0 saturated heterocycles. The highest BCUT2D eigenvalue weighted by Crippen LogP contribution is 2.14. The third-order valence-corrected chi connectivity index (χ3v) is 2.00. The predicted octanol–water partition coefficient (Wildman–Crippen LogP) is 2.92. The Bertz CT molecular complexity index is 312. The normalized spacial score (nSPS) is 11.5. The molecule has 0 bridgehead atoms. The molecule has 0 radical (unpaired) electrons. The smallest absolute Gasteiger partial charge is 0.494 e. The van der Waals surface area contributed by atoms with Crippen LogP contribution in [0.5, 0.6) is 5.75 Å². The number of ether oxygens (including phenoxy) is 1. The van der Waals surface area contributed by atoms with E-state index in [0.29, 0.717) is 12.4 Å². The quantitative estimate of drug-likeness (QED) is 0.544. The first-order valence-electron chi connectivity index (χ1n) is 4.96. The summed E-state index contributed by atoms with van der Waals surface area (Å²) in [6.45, 7) is -2.47. The van der Waals surface area contributed by atoms with Crippen molar-refractivity contribution in [2.45, 2.75) is 19.8 Å². The Labute approximate surface area is 87.3 Å². The van der Waals surface area contributed by atoms with Gasteiger partial charge >= 0.3 is 6.98 Å². The highest BCUT2D eigenvalue weighted by atomic mass is 19.4. The van der Waals surface area contributed by atoms with Crippen molar-refractivity contribution in [3.8, 4) is 5.75 Å². The Kier molecular flexibility index (Phi) is 4.06. The second-order valence-corrected chi connectivity index (χ2v) is 3.35. The fraction of sp³-hybridized carbons (Fsp3) is 0.400. The number of unbranched alkanes of at least 4 members (excludes halogenated alkanes) is 1. The van der Waals surface area contributed by atoms with Crippen LogP contribution < -0.4 is 10.2 Å². The molecule has 0 amide bonds. The van der Waals surface area contributed by atoms with Crippen LogP contribution in [0.25, 0.3) is 0 Å². The molecule has 0 aliphatic carbocycles. The molecule has 0 aromatic heterocycles. The summed E-state index contributed by atoms with van der Waals surface area (Å²) in [5.74, 6) is 0.292. The first-order valence-corrected chi connectivity index (χ1v) is 4.96. The SMILES string of the molecule is CCCCOc1cccc([B-](F)(F)F)c1. The summed E-state index contributed by atoms with van der Waals surface area (Å²) in [6, 6.07) is 5.02. The molecular weight excluding hydrogens is 204 g/mol. The average molecular weight is 217 g/mol. The molecule has 0 spiro atoms. The van der Waals surface area contributed by atoms with E-state index in [1.54, 1.807) is 6.07 Å². The Balaban J connectivity index is 2.66. The van der Waals surface area contributed by atoms with Crippen molar-refractivity contribution in [2.24, 2.45) is 0 Å². The van der Waals surface area contributed by atoms with Gasteiger partial charge in [0, 0.05) is 0 Å². The van der Waals surface area contributed by atoms with Gasteiger partial charge in [-0.25, -0.2) is 0 Å².